The molecule has 0 saturated carbocycles. The minimum atomic E-state index is 0.162. The van der Waals surface area contributed by atoms with Crippen LogP contribution in [0.5, 0.6) is 0 Å². The van der Waals surface area contributed by atoms with Gasteiger partial charge in [-0.3, -0.25) is 0 Å². The third-order valence-electron chi connectivity index (χ3n) is 4.97. The smallest absolute Gasteiger partial charge is 0.228 e. The van der Waals surface area contributed by atoms with Crippen LogP contribution in [0.2, 0.25) is 5.02 Å². The van der Waals surface area contributed by atoms with Gasteiger partial charge in [0.2, 0.25) is 5.95 Å². The third-order valence-corrected chi connectivity index (χ3v) is 5.23. The Morgan fingerprint density at radius 1 is 0.929 bits per heavy atom. The third kappa shape index (κ3) is 4.13. The molecule has 1 aliphatic rings. The molecule has 4 rings (SSSR count). The maximum Gasteiger partial charge on any atom is 0.228 e. The average molecular weight is 398 g/mol. The van der Waals surface area contributed by atoms with Crippen LogP contribution < -0.4 is 15.1 Å². The van der Waals surface area contributed by atoms with Crippen LogP contribution in [-0.4, -0.2) is 54.4 Å². The minimum Gasteiger partial charge on any atom is -0.396 e. The Kier molecular flexibility index (Phi) is 5.78. The lowest BCUT2D eigenvalue weighted by Crippen LogP contribution is -2.47. The van der Waals surface area contributed by atoms with Gasteiger partial charge in [0.1, 0.15) is 5.82 Å². The molecule has 2 N–H and O–H groups in total. The monoisotopic (exact) mass is 397 g/mol. The maximum absolute atomic E-state index is 9.06. The number of piperazine rings is 1. The molecular weight excluding hydrogens is 374 g/mol. The number of anilines is 3. The molecule has 1 saturated heterocycles. The van der Waals surface area contributed by atoms with Crippen LogP contribution in [0.4, 0.5) is 17.5 Å². The number of benzene rings is 2. The van der Waals surface area contributed by atoms with Crippen LogP contribution in [-0.2, 0) is 0 Å². The van der Waals surface area contributed by atoms with E-state index in [4.69, 9.17) is 26.7 Å². The van der Waals surface area contributed by atoms with Gasteiger partial charge in [0.15, 0.2) is 0 Å². The van der Waals surface area contributed by atoms with Crippen molar-refractivity contribution in [1.29, 1.82) is 0 Å². The van der Waals surface area contributed by atoms with Gasteiger partial charge in [-0.05, 0) is 42.8 Å². The van der Waals surface area contributed by atoms with Crippen molar-refractivity contribution in [2.24, 2.45) is 0 Å². The van der Waals surface area contributed by atoms with Crippen LogP contribution in [0, 0.1) is 0 Å². The molecule has 1 aromatic heterocycles. The lowest BCUT2D eigenvalue weighted by atomic mass is 10.2. The van der Waals surface area contributed by atoms with Gasteiger partial charge in [-0.1, -0.05) is 23.7 Å². The highest BCUT2D eigenvalue weighted by atomic mass is 35.5. The van der Waals surface area contributed by atoms with E-state index in [-0.39, 0.29) is 6.61 Å². The zero-order valence-electron chi connectivity index (χ0n) is 15.7. The molecule has 2 heterocycles. The van der Waals surface area contributed by atoms with Gasteiger partial charge in [0, 0.05) is 55.4 Å². The van der Waals surface area contributed by atoms with Crippen molar-refractivity contribution in [3.05, 3.63) is 53.6 Å². The summed E-state index contributed by atoms with van der Waals surface area (Å²) in [6, 6.07) is 16.0. The van der Waals surface area contributed by atoms with Crippen molar-refractivity contribution in [3.63, 3.8) is 0 Å². The molecule has 1 fully saturated rings. The number of aliphatic hydroxyl groups is 1. The van der Waals surface area contributed by atoms with Gasteiger partial charge in [0.25, 0.3) is 0 Å². The number of fused-ring (bicyclic) bond motifs is 1. The molecule has 0 unspecified atom stereocenters. The number of aromatic nitrogens is 2. The summed E-state index contributed by atoms with van der Waals surface area (Å²) >= 11 is 6.00. The molecule has 6 nitrogen and oxygen atoms in total. The zero-order chi connectivity index (χ0) is 19.3. The number of nitrogens with one attached hydrogen (secondary N) is 1. The second-order valence-corrected chi connectivity index (χ2v) is 7.28. The Hall–Kier alpha value is -2.57. The standard InChI is InChI=1S/C21H24ClN5O/c22-16-6-8-17(9-7-16)26-11-13-27(14-12-26)21-24-19-5-2-1-4-18(19)20(25-21)23-10-3-15-28/h1-2,4-9,28H,3,10-15H2,(H,23,24,25). The number of rotatable bonds is 6. The largest absolute Gasteiger partial charge is 0.396 e. The van der Waals surface area contributed by atoms with E-state index in [9.17, 15) is 0 Å². The van der Waals surface area contributed by atoms with E-state index in [0.29, 0.717) is 13.0 Å². The SMILES string of the molecule is OCCCNc1nc(N2CCN(c3ccc(Cl)cc3)CC2)nc2ccccc12. The first-order chi connectivity index (χ1) is 13.7. The van der Waals surface area contributed by atoms with Crippen molar-refractivity contribution in [2.45, 2.75) is 6.42 Å². The van der Waals surface area contributed by atoms with Gasteiger partial charge in [-0.15, -0.1) is 0 Å². The van der Waals surface area contributed by atoms with Crippen LogP contribution in [0.3, 0.4) is 0 Å². The molecule has 146 valence electrons. The fourth-order valence-electron chi connectivity index (χ4n) is 3.44. The molecule has 0 bridgehead atoms. The van der Waals surface area contributed by atoms with Crippen LogP contribution in [0.15, 0.2) is 48.5 Å². The van der Waals surface area contributed by atoms with E-state index in [1.54, 1.807) is 0 Å². The summed E-state index contributed by atoms with van der Waals surface area (Å²) in [6.07, 6.45) is 0.688. The summed E-state index contributed by atoms with van der Waals surface area (Å²) in [4.78, 5) is 14.2. The van der Waals surface area contributed by atoms with Crippen molar-refractivity contribution >= 4 is 40.0 Å². The Balaban J connectivity index is 1.52. The van der Waals surface area contributed by atoms with Crippen LogP contribution in [0.25, 0.3) is 10.9 Å². The lowest BCUT2D eigenvalue weighted by molar-refractivity contribution is 0.292. The summed E-state index contributed by atoms with van der Waals surface area (Å²) in [7, 11) is 0. The predicted molar refractivity (Wildman–Crippen MR) is 116 cm³/mol. The number of hydrogen-bond acceptors (Lipinski definition) is 6. The first-order valence-electron chi connectivity index (χ1n) is 9.61. The predicted octanol–water partition coefficient (Wildman–Crippen LogP) is 3.40. The molecule has 28 heavy (non-hydrogen) atoms. The molecule has 0 spiro atoms. The van der Waals surface area contributed by atoms with Gasteiger partial charge >= 0.3 is 0 Å². The van der Waals surface area contributed by atoms with E-state index in [1.165, 1.54) is 5.69 Å². The van der Waals surface area contributed by atoms with Crippen molar-refractivity contribution < 1.29 is 5.11 Å². The number of aliphatic hydroxyl groups excluding tert-OH is 1. The number of hydrogen-bond donors (Lipinski definition) is 2. The molecule has 3 aromatic rings. The Bertz CT molecular complexity index is 926. The lowest BCUT2D eigenvalue weighted by Gasteiger charge is -2.36. The van der Waals surface area contributed by atoms with Crippen molar-refractivity contribution in [3.8, 4) is 0 Å². The van der Waals surface area contributed by atoms with Crippen LogP contribution in [0.1, 0.15) is 6.42 Å². The van der Waals surface area contributed by atoms with Crippen LogP contribution >= 0.6 is 11.6 Å². The topological polar surface area (TPSA) is 64.5 Å². The molecule has 1 aliphatic heterocycles. The molecule has 0 radical (unpaired) electrons. The van der Waals surface area contributed by atoms with Gasteiger partial charge in [0.05, 0.1) is 5.52 Å². The van der Waals surface area contributed by atoms with E-state index in [0.717, 1.165) is 53.9 Å². The highest BCUT2D eigenvalue weighted by Gasteiger charge is 2.20. The second-order valence-electron chi connectivity index (χ2n) is 6.84. The molecule has 0 atom stereocenters. The molecule has 0 amide bonds. The van der Waals surface area contributed by atoms with Gasteiger partial charge in [-0.25, -0.2) is 4.98 Å². The fourth-order valence-corrected chi connectivity index (χ4v) is 3.57. The van der Waals surface area contributed by atoms with Gasteiger partial charge < -0.3 is 20.2 Å². The van der Waals surface area contributed by atoms with Gasteiger partial charge in [-0.2, -0.15) is 4.98 Å². The first-order valence-corrected chi connectivity index (χ1v) is 9.99. The highest BCUT2D eigenvalue weighted by molar-refractivity contribution is 6.30. The summed E-state index contributed by atoms with van der Waals surface area (Å²) in [5.74, 6) is 1.58. The maximum atomic E-state index is 9.06. The summed E-state index contributed by atoms with van der Waals surface area (Å²) in [5, 5.41) is 14.2. The Morgan fingerprint density at radius 2 is 1.64 bits per heavy atom. The summed E-state index contributed by atoms with van der Waals surface area (Å²) in [5.41, 5.74) is 2.12. The van der Waals surface area contributed by atoms with E-state index in [1.807, 2.05) is 36.4 Å². The Labute approximate surface area is 169 Å². The molecule has 7 heteroatoms. The minimum absolute atomic E-state index is 0.162. The van der Waals surface area contributed by atoms with Crippen molar-refractivity contribution in [1.82, 2.24) is 9.97 Å². The van der Waals surface area contributed by atoms with E-state index in [2.05, 4.69) is 27.2 Å². The zero-order valence-corrected chi connectivity index (χ0v) is 16.4. The highest BCUT2D eigenvalue weighted by Crippen LogP contribution is 2.25. The quantitative estimate of drug-likeness (QED) is 0.621. The summed E-state index contributed by atoms with van der Waals surface area (Å²) in [6.45, 7) is 4.38. The van der Waals surface area contributed by atoms with E-state index < -0.39 is 0 Å². The number of nitrogens with zero attached hydrogens (tertiary/aromatic N) is 4. The number of halogens is 1. The second kappa shape index (κ2) is 8.63. The molecular formula is C21H24ClN5O. The molecule has 2 aromatic carbocycles. The molecule has 0 aliphatic carbocycles. The number of para-hydroxylation sites is 1. The fraction of sp³-hybridized carbons (Fsp3) is 0.333. The first kappa shape index (κ1) is 18.8. The average Bonchev–Trinajstić information content (AvgIpc) is 2.74. The van der Waals surface area contributed by atoms with E-state index >= 15 is 0 Å². The summed E-state index contributed by atoms with van der Waals surface area (Å²) < 4.78 is 0. The van der Waals surface area contributed by atoms with Crippen molar-refractivity contribution in [2.75, 3.05) is 54.4 Å². The Morgan fingerprint density at radius 3 is 2.39 bits per heavy atom. The normalized spacial score (nSPS) is 14.5.